The van der Waals surface area contributed by atoms with Gasteiger partial charge in [-0.3, -0.25) is 14.5 Å². The number of carbonyl (C=O) groups excluding carboxylic acids is 2. The highest BCUT2D eigenvalue weighted by molar-refractivity contribution is 5.98. The Hall–Kier alpha value is -2.37. The first kappa shape index (κ1) is 10.8. The van der Waals surface area contributed by atoms with E-state index in [2.05, 4.69) is 9.97 Å². The average Bonchev–Trinajstić information content (AvgIpc) is 2.92. The molecule has 1 aliphatic heterocycles. The van der Waals surface area contributed by atoms with E-state index < -0.39 is 5.91 Å². The lowest BCUT2D eigenvalue weighted by Gasteiger charge is -2.10. The number of benzene rings is 1. The van der Waals surface area contributed by atoms with Gasteiger partial charge in [0.2, 0.25) is 17.8 Å². The quantitative estimate of drug-likeness (QED) is 0.817. The van der Waals surface area contributed by atoms with Gasteiger partial charge in [0.1, 0.15) is 0 Å². The van der Waals surface area contributed by atoms with Crippen LogP contribution in [0.5, 0.6) is 0 Å². The highest BCUT2D eigenvalue weighted by Crippen LogP contribution is 2.22. The lowest BCUT2D eigenvalue weighted by Crippen LogP contribution is -2.24. The average molecular weight is 244 g/mol. The number of aromatic amines is 1. The number of nitrogens with one attached hydrogen (secondary N) is 1. The molecule has 3 N–H and O–H groups in total. The van der Waals surface area contributed by atoms with Crippen LogP contribution in [0.4, 0.5) is 5.95 Å². The van der Waals surface area contributed by atoms with E-state index in [1.807, 2.05) is 0 Å². The summed E-state index contributed by atoms with van der Waals surface area (Å²) in [6, 6.07) is 4.99. The number of nitrogens with two attached hydrogens (primary N) is 1. The van der Waals surface area contributed by atoms with Gasteiger partial charge in [-0.25, -0.2) is 4.98 Å². The summed E-state index contributed by atoms with van der Waals surface area (Å²) in [6.07, 6.45) is 1.41. The lowest BCUT2D eigenvalue weighted by molar-refractivity contribution is -0.117. The summed E-state index contributed by atoms with van der Waals surface area (Å²) in [6.45, 7) is 0.682. The van der Waals surface area contributed by atoms with Gasteiger partial charge in [0, 0.05) is 18.5 Å². The Morgan fingerprint density at radius 2 is 2.28 bits per heavy atom. The first-order chi connectivity index (χ1) is 8.65. The minimum Gasteiger partial charge on any atom is -0.366 e. The molecule has 0 unspecified atom stereocenters. The molecule has 6 heteroatoms. The van der Waals surface area contributed by atoms with E-state index in [4.69, 9.17) is 5.73 Å². The molecule has 0 aliphatic carbocycles. The van der Waals surface area contributed by atoms with E-state index in [-0.39, 0.29) is 5.91 Å². The monoisotopic (exact) mass is 244 g/mol. The molecule has 0 saturated carbocycles. The second kappa shape index (κ2) is 3.83. The second-order valence-corrected chi connectivity index (χ2v) is 4.31. The topological polar surface area (TPSA) is 92.1 Å². The number of hydrogen-bond acceptors (Lipinski definition) is 3. The third kappa shape index (κ3) is 1.62. The summed E-state index contributed by atoms with van der Waals surface area (Å²) >= 11 is 0. The van der Waals surface area contributed by atoms with Crippen LogP contribution >= 0.6 is 0 Å². The van der Waals surface area contributed by atoms with Crippen LogP contribution in [-0.2, 0) is 4.79 Å². The molecule has 0 spiro atoms. The molecule has 1 aromatic carbocycles. The third-order valence-corrected chi connectivity index (χ3v) is 3.08. The molecule has 0 bridgehead atoms. The molecule has 1 aliphatic rings. The zero-order chi connectivity index (χ0) is 12.7. The molecular formula is C12H12N4O2. The van der Waals surface area contributed by atoms with Crippen LogP contribution in [0.1, 0.15) is 23.2 Å². The van der Waals surface area contributed by atoms with Gasteiger partial charge in [-0.1, -0.05) is 0 Å². The Morgan fingerprint density at radius 1 is 1.44 bits per heavy atom. The van der Waals surface area contributed by atoms with Gasteiger partial charge in [-0.2, -0.15) is 0 Å². The van der Waals surface area contributed by atoms with E-state index in [1.165, 1.54) is 0 Å². The van der Waals surface area contributed by atoms with E-state index >= 15 is 0 Å². The number of rotatable bonds is 2. The Morgan fingerprint density at radius 3 is 2.94 bits per heavy atom. The number of nitrogens with zero attached hydrogens (tertiary/aromatic N) is 2. The summed E-state index contributed by atoms with van der Waals surface area (Å²) < 4.78 is 0. The second-order valence-electron chi connectivity index (χ2n) is 4.31. The van der Waals surface area contributed by atoms with Crippen molar-refractivity contribution in [2.75, 3.05) is 11.4 Å². The smallest absolute Gasteiger partial charge is 0.248 e. The minimum absolute atomic E-state index is 0.0733. The van der Waals surface area contributed by atoms with Crippen molar-refractivity contribution in [2.45, 2.75) is 12.8 Å². The van der Waals surface area contributed by atoms with E-state index in [0.29, 0.717) is 30.0 Å². The van der Waals surface area contributed by atoms with E-state index in [1.54, 1.807) is 23.1 Å². The fourth-order valence-electron chi connectivity index (χ4n) is 2.15. The summed E-state index contributed by atoms with van der Waals surface area (Å²) in [7, 11) is 0. The fourth-order valence-corrected chi connectivity index (χ4v) is 2.15. The summed E-state index contributed by atoms with van der Waals surface area (Å²) in [5.74, 6) is 0.128. The Labute approximate surface area is 103 Å². The maximum absolute atomic E-state index is 11.6. The van der Waals surface area contributed by atoms with Gasteiger partial charge < -0.3 is 10.7 Å². The predicted molar refractivity (Wildman–Crippen MR) is 66.2 cm³/mol. The van der Waals surface area contributed by atoms with Gasteiger partial charge in [-0.15, -0.1) is 0 Å². The summed E-state index contributed by atoms with van der Waals surface area (Å²) in [4.78, 5) is 31.7. The van der Waals surface area contributed by atoms with Gasteiger partial charge >= 0.3 is 0 Å². The fraction of sp³-hybridized carbons (Fsp3) is 0.250. The number of amides is 2. The first-order valence-corrected chi connectivity index (χ1v) is 5.75. The highest BCUT2D eigenvalue weighted by atomic mass is 16.2. The van der Waals surface area contributed by atoms with Crippen LogP contribution < -0.4 is 10.6 Å². The zero-order valence-electron chi connectivity index (χ0n) is 9.64. The predicted octanol–water partition coefficient (Wildman–Crippen LogP) is 0.789. The van der Waals surface area contributed by atoms with Crippen molar-refractivity contribution in [3.63, 3.8) is 0 Å². The number of imidazole rings is 1. The molecule has 92 valence electrons. The standard InChI is InChI=1S/C12H12N4O2/c13-11(18)7-3-4-8-9(6-7)15-12(14-8)16-5-1-2-10(16)17/h3-4,6H,1-2,5H2,(H2,13,18)(H,14,15). The van der Waals surface area contributed by atoms with Crippen molar-refractivity contribution in [2.24, 2.45) is 5.73 Å². The van der Waals surface area contributed by atoms with Crippen molar-refractivity contribution < 1.29 is 9.59 Å². The molecule has 18 heavy (non-hydrogen) atoms. The Kier molecular flexibility index (Phi) is 2.29. The van der Waals surface area contributed by atoms with Crippen molar-refractivity contribution >= 4 is 28.8 Å². The maximum atomic E-state index is 11.6. The lowest BCUT2D eigenvalue weighted by atomic mass is 10.2. The molecule has 1 aromatic heterocycles. The Bertz CT molecular complexity index is 647. The highest BCUT2D eigenvalue weighted by Gasteiger charge is 2.24. The number of hydrogen-bond donors (Lipinski definition) is 2. The number of primary amides is 1. The molecule has 2 aromatic rings. The molecule has 6 nitrogen and oxygen atoms in total. The van der Waals surface area contributed by atoms with Crippen LogP contribution in [-0.4, -0.2) is 28.3 Å². The zero-order valence-corrected chi connectivity index (χ0v) is 9.64. The van der Waals surface area contributed by atoms with Crippen LogP contribution in [0.3, 0.4) is 0 Å². The number of H-pyrrole nitrogens is 1. The molecular weight excluding hydrogens is 232 g/mol. The third-order valence-electron chi connectivity index (χ3n) is 3.08. The normalized spacial score (nSPS) is 15.6. The molecule has 2 heterocycles. The largest absolute Gasteiger partial charge is 0.366 e. The minimum atomic E-state index is -0.481. The number of fused-ring (bicyclic) bond motifs is 1. The molecule has 3 rings (SSSR count). The van der Waals surface area contributed by atoms with Crippen molar-refractivity contribution in [3.05, 3.63) is 23.8 Å². The summed E-state index contributed by atoms with van der Waals surface area (Å²) in [5.41, 5.74) is 7.07. The van der Waals surface area contributed by atoms with Gasteiger partial charge in [0.25, 0.3) is 0 Å². The molecule has 2 amide bonds. The van der Waals surface area contributed by atoms with Gasteiger partial charge in [0.15, 0.2) is 0 Å². The molecule has 0 radical (unpaired) electrons. The van der Waals surface area contributed by atoms with Crippen molar-refractivity contribution in [1.82, 2.24) is 9.97 Å². The van der Waals surface area contributed by atoms with Crippen LogP contribution in [0, 0.1) is 0 Å². The van der Waals surface area contributed by atoms with Crippen LogP contribution in [0.2, 0.25) is 0 Å². The first-order valence-electron chi connectivity index (χ1n) is 5.75. The van der Waals surface area contributed by atoms with E-state index in [0.717, 1.165) is 11.9 Å². The number of anilines is 1. The maximum Gasteiger partial charge on any atom is 0.248 e. The van der Waals surface area contributed by atoms with Crippen molar-refractivity contribution in [3.8, 4) is 0 Å². The SMILES string of the molecule is NC(=O)c1ccc2nc(N3CCCC3=O)[nH]c2c1. The number of carbonyl (C=O) groups is 2. The summed E-state index contributed by atoms with van der Waals surface area (Å²) in [5, 5.41) is 0. The van der Waals surface area contributed by atoms with Gasteiger partial charge in [0.05, 0.1) is 11.0 Å². The van der Waals surface area contributed by atoms with Crippen LogP contribution in [0.15, 0.2) is 18.2 Å². The van der Waals surface area contributed by atoms with E-state index in [9.17, 15) is 9.59 Å². The molecule has 1 fully saturated rings. The van der Waals surface area contributed by atoms with Crippen LogP contribution in [0.25, 0.3) is 11.0 Å². The molecule has 0 atom stereocenters. The number of aromatic nitrogens is 2. The molecule has 1 saturated heterocycles. The Balaban J connectivity index is 2.05. The van der Waals surface area contributed by atoms with Crippen molar-refractivity contribution in [1.29, 1.82) is 0 Å². The van der Waals surface area contributed by atoms with Gasteiger partial charge in [-0.05, 0) is 24.6 Å².